The third-order valence-corrected chi connectivity index (χ3v) is 4.76. The van der Waals surface area contributed by atoms with Crippen LogP contribution in [0.4, 0.5) is 13.2 Å². The summed E-state index contributed by atoms with van der Waals surface area (Å²) in [5, 5.41) is 1.28. The fraction of sp³-hybridized carbons (Fsp3) is 0.182. The lowest BCUT2D eigenvalue weighted by molar-refractivity contribution is -0.137. The van der Waals surface area contributed by atoms with Gasteiger partial charge in [-0.25, -0.2) is 4.79 Å². The fourth-order valence-electron chi connectivity index (χ4n) is 3.50. The number of alkyl halides is 3. The molecule has 0 spiro atoms. The molecule has 2 aromatic heterocycles. The van der Waals surface area contributed by atoms with E-state index in [0.29, 0.717) is 17.4 Å². The molecule has 0 radical (unpaired) electrons. The Kier molecular flexibility index (Phi) is 4.74. The fourth-order valence-corrected chi connectivity index (χ4v) is 3.50. The lowest BCUT2D eigenvalue weighted by Gasteiger charge is -2.14. The Bertz CT molecular complexity index is 1210. The van der Waals surface area contributed by atoms with E-state index in [4.69, 9.17) is 4.74 Å². The smallest absolute Gasteiger partial charge is 0.416 e. The van der Waals surface area contributed by atoms with Gasteiger partial charge in [-0.15, -0.1) is 0 Å². The van der Waals surface area contributed by atoms with Crippen LogP contribution >= 0.6 is 0 Å². The zero-order chi connectivity index (χ0) is 20.6. The van der Waals surface area contributed by atoms with Crippen LogP contribution in [-0.2, 0) is 17.5 Å². The first kappa shape index (κ1) is 19.0. The van der Waals surface area contributed by atoms with E-state index in [1.165, 1.54) is 0 Å². The summed E-state index contributed by atoms with van der Waals surface area (Å²) in [5.41, 5.74) is 1.21. The Balaban J connectivity index is 1.88. The summed E-state index contributed by atoms with van der Waals surface area (Å²) in [4.78, 5) is 16.8. The van der Waals surface area contributed by atoms with Gasteiger partial charge in [-0.3, -0.25) is 4.98 Å². The van der Waals surface area contributed by atoms with Gasteiger partial charge in [0.05, 0.1) is 28.8 Å². The summed E-state index contributed by atoms with van der Waals surface area (Å²) in [6, 6.07) is 13.0. The average Bonchev–Trinajstić information content (AvgIpc) is 3.10. The molecule has 29 heavy (non-hydrogen) atoms. The van der Waals surface area contributed by atoms with E-state index < -0.39 is 17.7 Å². The molecule has 148 valence electrons. The van der Waals surface area contributed by atoms with Gasteiger partial charge in [0.15, 0.2) is 0 Å². The van der Waals surface area contributed by atoms with Gasteiger partial charge in [0.2, 0.25) is 0 Å². The summed E-state index contributed by atoms with van der Waals surface area (Å²) in [6.45, 7) is 2.07. The van der Waals surface area contributed by atoms with Crippen LogP contribution in [0.15, 0.2) is 60.9 Å². The third-order valence-electron chi connectivity index (χ3n) is 4.76. The number of nitrogens with zero attached hydrogens (tertiary/aromatic N) is 2. The zero-order valence-electron chi connectivity index (χ0n) is 15.5. The summed E-state index contributed by atoms with van der Waals surface area (Å²) < 4.78 is 46.7. The van der Waals surface area contributed by atoms with Crippen molar-refractivity contribution in [2.45, 2.75) is 19.6 Å². The predicted octanol–water partition coefficient (Wildman–Crippen LogP) is 5.43. The van der Waals surface area contributed by atoms with Crippen LogP contribution in [0.3, 0.4) is 0 Å². The van der Waals surface area contributed by atoms with E-state index in [9.17, 15) is 18.0 Å². The summed E-state index contributed by atoms with van der Waals surface area (Å²) in [5.74, 6) is -0.775. The molecule has 0 fully saturated rings. The quantitative estimate of drug-likeness (QED) is 0.431. The Morgan fingerprint density at radius 2 is 1.97 bits per heavy atom. The van der Waals surface area contributed by atoms with Crippen LogP contribution in [0.25, 0.3) is 21.8 Å². The van der Waals surface area contributed by atoms with E-state index >= 15 is 0 Å². The van der Waals surface area contributed by atoms with Crippen molar-refractivity contribution in [1.82, 2.24) is 9.55 Å². The number of benzene rings is 2. The van der Waals surface area contributed by atoms with Crippen molar-refractivity contribution in [3.05, 3.63) is 77.6 Å². The van der Waals surface area contributed by atoms with Gasteiger partial charge in [-0.2, -0.15) is 13.2 Å². The number of carbonyl (C=O) groups is 1. The van der Waals surface area contributed by atoms with Crippen LogP contribution in [-0.4, -0.2) is 22.1 Å². The standard InChI is InChI=1S/C22H17F3N2O2/c1-2-29-21(28)18-12-16(22(23,24)25)11-14-8-10-27(20(14)18)13-15-5-3-7-19-17(15)6-4-9-26-19/h3-12H,2,13H2,1H3. The van der Waals surface area contributed by atoms with Gasteiger partial charge in [-0.1, -0.05) is 18.2 Å². The largest absolute Gasteiger partial charge is 0.462 e. The van der Waals surface area contributed by atoms with Gasteiger partial charge in [0.1, 0.15) is 0 Å². The second-order valence-electron chi connectivity index (χ2n) is 6.61. The molecule has 0 aliphatic carbocycles. The lowest BCUT2D eigenvalue weighted by atomic mass is 10.1. The molecule has 4 rings (SSSR count). The molecule has 4 aromatic rings. The Morgan fingerprint density at radius 1 is 1.14 bits per heavy atom. The third kappa shape index (κ3) is 3.55. The number of esters is 1. The normalized spacial score (nSPS) is 11.9. The van der Waals surface area contributed by atoms with Crippen molar-refractivity contribution in [2.24, 2.45) is 0 Å². The second-order valence-corrected chi connectivity index (χ2v) is 6.61. The summed E-state index contributed by atoms with van der Waals surface area (Å²) >= 11 is 0. The number of pyridine rings is 1. The van der Waals surface area contributed by atoms with Crippen LogP contribution in [0.1, 0.15) is 28.4 Å². The molecule has 0 atom stereocenters. The van der Waals surface area contributed by atoms with E-state index in [2.05, 4.69) is 4.98 Å². The van der Waals surface area contributed by atoms with Crippen molar-refractivity contribution in [1.29, 1.82) is 0 Å². The van der Waals surface area contributed by atoms with E-state index in [0.717, 1.165) is 28.6 Å². The monoisotopic (exact) mass is 398 g/mol. The highest BCUT2D eigenvalue weighted by Crippen LogP contribution is 2.34. The van der Waals surface area contributed by atoms with Crippen molar-refractivity contribution in [3.8, 4) is 0 Å². The molecule has 0 saturated carbocycles. The zero-order valence-corrected chi connectivity index (χ0v) is 15.5. The molecule has 2 heterocycles. The maximum absolute atomic E-state index is 13.3. The van der Waals surface area contributed by atoms with E-state index in [-0.39, 0.29) is 12.2 Å². The summed E-state index contributed by atoms with van der Waals surface area (Å²) in [6.07, 6.45) is -1.17. The molecule has 7 heteroatoms. The Hall–Kier alpha value is -3.35. The maximum atomic E-state index is 13.3. The first-order chi connectivity index (χ1) is 13.9. The number of halogens is 3. The van der Waals surface area contributed by atoms with Gasteiger partial charge < -0.3 is 9.30 Å². The van der Waals surface area contributed by atoms with Gasteiger partial charge >= 0.3 is 12.1 Å². The highest BCUT2D eigenvalue weighted by Gasteiger charge is 2.33. The molecule has 0 N–H and O–H groups in total. The number of carbonyl (C=O) groups excluding carboxylic acids is 1. The van der Waals surface area contributed by atoms with Crippen LogP contribution in [0.5, 0.6) is 0 Å². The number of aromatic nitrogens is 2. The average molecular weight is 398 g/mol. The van der Waals surface area contributed by atoms with E-state index in [1.807, 2.05) is 30.3 Å². The van der Waals surface area contributed by atoms with Crippen molar-refractivity contribution < 1.29 is 22.7 Å². The van der Waals surface area contributed by atoms with E-state index in [1.54, 1.807) is 30.0 Å². The van der Waals surface area contributed by atoms with Gasteiger partial charge in [-0.05, 0) is 42.8 Å². The molecule has 0 saturated heterocycles. The first-order valence-electron chi connectivity index (χ1n) is 9.08. The minimum atomic E-state index is -4.56. The number of hydrogen-bond donors (Lipinski definition) is 0. The number of fused-ring (bicyclic) bond motifs is 2. The SMILES string of the molecule is CCOC(=O)c1cc(C(F)(F)F)cc2ccn(Cc3cccc4ncccc34)c12. The number of rotatable bonds is 4. The molecule has 0 amide bonds. The van der Waals surface area contributed by atoms with Crippen LogP contribution < -0.4 is 0 Å². The molecule has 4 nitrogen and oxygen atoms in total. The van der Waals surface area contributed by atoms with Crippen molar-refractivity contribution in [2.75, 3.05) is 6.61 Å². The van der Waals surface area contributed by atoms with Crippen LogP contribution in [0.2, 0.25) is 0 Å². The lowest BCUT2D eigenvalue weighted by Crippen LogP contribution is -2.12. The minimum absolute atomic E-state index is 0.0757. The number of ether oxygens (including phenoxy) is 1. The van der Waals surface area contributed by atoms with Crippen molar-refractivity contribution >= 4 is 27.8 Å². The van der Waals surface area contributed by atoms with Crippen molar-refractivity contribution in [3.63, 3.8) is 0 Å². The molecular formula is C22H17F3N2O2. The van der Waals surface area contributed by atoms with Gasteiger partial charge in [0.25, 0.3) is 0 Å². The molecular weight excluding hydrogens is 381 g/mol. The minimum Gasteiger partial charge on any atom is -0.462 e. The van der Waals surface area contributed by atoms with Gasteiger partial charge in [0, 0.05) is 29.7 Å². The molecule has 0 unspecified atom stereocenters. The predicted molar refractivity (Wildman–Crippen MR) is 104 cm³/mol. The van der Waals surface area contributed by atoms with Crippen LogP contribution in [0, 0.1) is 0 Å². The number of hydrogen-bond acceptors (Lipinski definition) is 3. The first-order valence-corrected chi connectivity index (χ1v) is 9.08. The highest BCUT2D eigenvalue weighted by atomic mass is 19.4. The second kappa shape index (κ2) is 7.24. The molecule has 0 aliphatic rings. The Morgan fingerprint density at radius 3 is 2.72 bits per heavy atom. The Labute approximate surface area is 164 Å². The molecule has 2 aromatic carbocycles. The maximum Gasteiger partial charge on any atom is 0.416 e. The molecule has 0 aliphatic heterocycles. The molecule has 0 bridgehead atoms. The highest BCUT2D eigenvalue weighted by molar-refractivity contribution is 6.04. The summed E-state index contributed by atoms with van der Waals surface area (Å²) in [7, 11) is 0. The topological polar surface area (TPSA) is 44.1 Å².